The van der Waals surface area contributed by atoms with Crippen molar-refractivity contribution in [3.63, 3.8) is 0 Å². The van der Waals surface area contributed by atoms with Gasteiger partial charge in [0.2, 0.25) is 5.91 Å². The van der Waals surface area contributed by atoms with E-state index in [0.717, 1.165) is 0 Å². The second-order valence-corrected chi connectivity index (χ2v) is 11.0. The molecule has 238 valence electrons. The van der Waals surface area contributed by atoms with Gasteiger partial charge in [-0.25, -0.2) is 0 Å². The van der Waals surface area contributed by atoms with Crippen molar-refractivity contribution in [2.75, 3.05) is 33.9 Å². The first kappa shape index (κ1) is 33.4. The van der Waals surface area contributed by atoms with Crippen molar-refractivity contribution in [3.05, 3.63) is 62.9 Å². The summed E-state index contributed by atoms with van der Waals surface area (Å²) in [6.45, 7) is -2.62. The first-order chi connectivity index (χ1) is 20.9. The first-order valence-electron chi connectivity index (χ1n) is 13.3. The Morgan fingerprint density at radius 1 is 1.14 bits per heavy atom. The predicted molar refractivity (Wildman–Crippen MR) is 158 cm³/mol. The largest absolute Gasteiger partial charge is 0.493 e. The molecule has 1 heterocycles. The number of carbonyl (C=O) groups is 2. The van der Waals surface area contributed by atoms with Gasteiger partial charge in [0, 0.05) is 23.9 Å². The molecule has 4 rings (SSSR count). The molecular formula is C29H30F3IN2O9. The van der Waals surface area contributed by atoms with Crippen molar-refractivity contribution in [1.82, 2.24) is 10.2 Å². The number of halogens is 4. The van der Waals surface area contributed by atoms with E-state index >= 15 is 0 Å². The van der Waals surface area contributed by atoms with Gasteiger partial charge in [0.15, 0.2) is 28.6 Å². The van der Waals surface area contributed by atoms with Crippen LogP contribution in [0.25, 0.3) is 11.0 Å². The monoisotopic (exact) mass is 734 g/mol. The zero-order chi connectivity index (χ0) is 32.2. The molecule has 2 aromatic carbocycles. The number of carbonyl (C=O) groups excluding carboxylic acids is 2. The minimum atomic E-state index is -4.89. The van der Waals surface area contributed by atoms with E-state index in [1.54, 1.807) is 24.3 Å². The summed E-state index contributed by atoms with van der Waals surface area (Å²) >= 11 is 1.90. The fourth-order valence-corrected chi connectivity index (χ4v) is 5.66. The van der Waals surface area contributed by atoms with Gasteiger partial charge < -0.3 is 44.2 Å². The first-order valence-corrected chi connectivity index (χ1v) is 14.3. The predicted octanol–water partition coefficient (Wildman–Crippen LogP) is 3.17. The molecule has 0 saturated heterocycles. The highest BCUT2D eigenvalue weighted by Crippen LogP contribution is 2.38. The Kier molecular flexibility index (Phi) is 10.6. The molecule has 4 N–H and O–H groups in total. The van der Waals surface area contributed by atoms with Gasteiger partial charge in [-0.15, -0.1) is 0 Å². The zero-order valence-corrected chi connectivity index (χ0v) is 25.7. The van der Waals surface area contributed by atoms with Crippen molar-refractivity contribution in [2.24, 2.45) is 0 Å². The number of furan rings is 1. The van der Waals surface area contributed by atoms with E-state index in [0.29, 0.717) is 19.4 Å². The summed E-state index contributed by atoms with van der Waals surface area (Å²) in [5.74, 6) is -1.82. The highest BCUT2D eigenvalue weighted by atomic mass is 127. The molecule has 1 aliphatic carbocycles. The third-order valence-corrected chi connectivity index (χ3v) is 7.69. The zero-order valence-electron chi connectivity index (χ0n) is 23.6. The molecule has 2 amide bonds. The number of alkyl halides is 3. The summed E-state index contributed by atoms with van der Waals surface area (Å²) in [6.07, 6.45) is -7.29. The lowest BCUT2D eigenvalue weighted by Crippen LogP contribution is -2.57. The average Bonchev–Trinajstić information content (AvgIpc) is 3.44. The number of nitrogens with one attached hydrogen (secondary N) is 1. The number of para-hydroxylation sites is 1. The Labute approximate surface area is 263 Å². The van der Waals surface area contributed by atoms with Crippen LogP contribution in [0.5, 0.6) is 17.2 Å². The van der Waals surface area contributed by atoms with Crippen LogP contribution in [0.3, 0.4) is 0 Å². The topological polar surface area (TPSA) is 151 Å². The third kappa shape index (κ3) is 7.39. The molecule has 3 aromatic rings. The maximum atomic E-state index is 14.0. The van der Waals surface area contributed by atoms with Crippen molar-refractivity contribution >= 4 is 45.4 Å². The van der Waals surface area contributed by atoms with Gasteiger partial charge in [-0.2, -0.15) is 13.2 Å². The number of fused-ring (bicyclic) bond motifs is 1. The van der Waals surface area contributed by atoms with E-state index in [1.807, 2.05) is 22.6 Å². The van der Waals surface area contributed by atoms with Gasteiger partial charge in [0.05, 0.1) is 37.0 Å². The highest BCUT2D eigenvalue weighted by Gasteiger charge is 2.45. The van der Waals surface area contributed by atoms with E-state index < -0.39 is 61.6 Å². The van der Waals surface area contributed by atoms with Crippen LogP contribution >= 0.6 is 22.6 Å². The Morgan fingerprint density at radius 2 is 1.86 bits per heavy atom. The molecule has 11 nitrogen and oxygen atoms in total. The summed E-state index contributed by atoms with van der Waals surface area (Å²) < 4.78 is 64.6. The van der Waals surface area contributed by atoms with Crippen LogP contribution in [-0.2, 0) is 11.4 Å². The number of ether oxygens (including phenoxy) is 3. The Bertz CT molecular complexity index is 1540. The minimum absolute atomic E-state index is 0.0778. The van der Waals surface area contributed by atoms with E-state index in [9.17, 15) is 33.0 Å². The third-order valence-electron chi connectivity index (χ3n) is 6.89. The minimum Gasteiger partial charge on any atom is -0.493 e. The fourth-order valence-electron chi connectivity index (χ4n) is 4.87. The lowest BCUT2D eigenvalue weighted by molar-refractivity contribution is -0.151. The second-order valence-electron chi connectivity index (χ2n) is 9.82. The number of hydrogen-bond donors (Lipinski definition) is 4. The van der Waals surface area contributed by atoms with Crippen LogP contribution in [0.15, 0.2) is 52.5 Å². The molecule has 0 radical (unpaired) electrons. The molecule has 3 atom stereocenters. The molecule has 0 bridgehead atoms. The SMILES string of the molecule is COc1cc(CO)cc(I)c1O[C@H]1C=C(C(=O)NCCO)C[C@@H](N(CC(F)(F)F)C(=O)c2cc3cccc(OC)c3o2)[C@@H]1O. The van der Waals surface area contributed by atoms with Crippen LogP contribution in [0.2, 0.25) is 0 Å². The number of rotatable bonds is 11. The molecule has 0 fully saturated rings. The van der Waals surface area contributed by atoms with Crippen molar-refractivity contribution in [3.8, 4) is 17.2 Å². The van der Waals surface area contributed by atoms with Gasteiger partial charge in [-0.1, -0.05) is 12.1 Å². The summed E-state index contributed by atoms with van der Waals surface area (Å²) in [5.41, 5.74) is 0.559. The van der Waals surface area contributed by atoms with Crippen LogP contribution in [0, 0.1) is 3.57 Å². The Morgan fingerprint density at radius 3 is 2.50 bits per heavy atom. The summed E-state index contributed by atoms with van der Waals surface area (Å²) in [5, 5.41) is 33.0. The van der Waals surface area contributed by atoms with Crippen LogP contribution in [-0.4, -0.2) is 90.4 Å². The van der Waals surface area contributed by atoms with Crippen LogP contribution in [0.1, 0.15) is 22.5 Å². The molecule has 44 heavy (non-hydrogen) atoms. The van der Waals surface area contributed by atoms with Gasteiger partial charge >= 0.3 is 6.18 Å². The second kappa shape index (κ2) is 14.0. The van der Waals surface area contributed by atoms with Crippen molar-refractivity contribution < 1.29 is 56.7 Å². The molecule has 1 aromatic heterocycles. The maximum absolute atomic E-state index is 14.0. The van der Waals surface area contributed by atoms with E-state index in [2.05, 4.69) is 5.32 Å². The molecule has 0 saturated carbocycles. The summed E-state index contributed by atoms with van der Waals surface area (Å²) in [4.78, 5) is 27.1. The number of methoxy groups -OCH3 is 2. The lowest BCUT2D eigenvalue weighted by Gasteiger charge is -2.40. The number of aliphatic hydroxyl groups excluding tert-OH is 3. The van der Waals surface area contributed by atoms with E-state index in [1.165, 1.54) is 32.4 Å². The summed E-state index contributed by atoms with van der Waals surface area (Å²) in [7, 11) is 2.71. The van der Waals surface area contributed by atoms with Crippen molar-refractivity contribution in [1.29, 1.82) is 0 Å². The van der Waals surface area contributed by atoms with Gasteiger partial charge in [0.1, 0.15) is 18.8 Å². The number of amides is 2. The molecule has 15 heteroatoms. The Balaban J connectivity index is 1.78. The van der Waals surface area contributed by atoms with Crippen molar-refractivity contribution in [2.45, 2.75) is 37.5 Å². The van der Waals surface area contributed by atoms with E-state index in [4.69, 9.17) is 23.7 Å². The maximum Gasteiger partial charge on any atom is 0.406 e. The Hall–Kier alpha value is -3.54. The van der Waals surface area contributed by atoms with Crippen LogP contribution < -0.4 is 19.5 Å². The van der Waals surface area contributed by atoms with Gasteiger partial charge in [-0.3, -0.25) is 9.59 Å². The molecule has 0 unspecified atom stereocenters. The van der Waals surface area contributed by atoms with Gasteiger partial charge in [0.25, 0.3) is 5.91 Å². The molecule has 0 aliphatic heterocycles. The highest BCUT2D eigenvalue weighted by molar-refractivity contribution is 14.1. The number of benzene rings is 2. The number of nitrogens with zero attached hydrogens (tertiary/aromatic N) is 1. The molecule has 1 aliphatic rings. The number of hydrogen-bond acceptors (Lipinski definition) is 9. The quantitative estimate of drug-likeness (QED) is 0.218. The summed E-state index contributed by atoms with van der Waals surface area (Å²) in [6, 6.07) is 7.50. The van der Waals surface area contributed by atoms with Crippen LogP contribution in [0.4, 0.5) is 13.2 Å². The normalized spacial score (nSPS) is 18.5. The number of aliphatic hydroxyl groups is 3. The average molecular weight is 734 g/mol. The lowest BCUT2D eigenvalue weighted by atomic mass is 9.88. The van der Waals surface area contributed by atoms with E-state index in [-0.39, 0.29) is 41.6 Å². The van der Waals surface area contributed by atoms with Gasteiger partial charge in [-0.05, 0) is 58.5 Å². The molecular weight excluding hydrogens is 704 g/mol. The smallest absolute Gasteiger partial charge is 0.406 e. The standard InChI is InChI=1S/C29H30F3IN2O9/c1-41-20-5-3-4-16-11-23(44-25(16)20)28(40)35(14-29(30,31)32)19-10-17(27(39)34-6-7-36)12-21(24(19)38)43-26-18(33)8-15(13-37)9-22(26)42-2/h3-5,8-9,11-12,19,21,24,36-38H,6-7,10,13-14H2,1-2H3,(H,34,39)/t19-,21+,24+/m1/s1. The fraction of sp³-hybridized carbons (Fsp3) is 0.379. The molecule has 0 spiro atoms.